The van der Waals surface area contributed by atoms with Crippen molar-refractivity contribution in [3.63, 3.8) is 0 Å². The predicted molar refractivity (Wildman–Crippen MR) is 140 cm³/mol. The average Bonchev–Trinajstić information content (AvgIpc) is 3.18. The molecule has 3 aromatic rings. The van der Waals surface area contributed by atoms with Crippen LogP contribution in [0.25, 0.3) is 6.08 Å². The molecule has 0 amide bonds. The monoisotopic (exact) mass is 622 g/mol. The number of rotatable bonds is 8. The molecule has 0 aliphatic carbocycles. The number of nitrogens with zero attached hydrogens (tertiary/aromatic N) is 2. The van der Waals surface area contributed by atoms with Gasteiger partial charge in [0.2, 0.25) is 5.90 Å². The van der Waals surface area contributed by atoms with Crippen LogP contribution in [0.4, 0.5) is 10.1 Å². The molecule has 8 nitrogen and oxygen atoms in total. The Balaban J connectivity index is 1.64. The number of nitro benzene ring substituents is 1. The average molecular weight is 623 g/mol. The zero-order chi connectivity index (χ0) is 25.8. The number of cyclic esters (lactones) is 1. The molecule has 0 fully saturated rings. The first kappa shape index (κ1) is 25.6. The van der Waals surface area contributed by atoms with Gasteiger partial charge in [0.05, 0.1) is 25.7 Å². The van der Waals surface area contributed by atoms with Crippen molar-refractivity contribution in [2.24, 2.45) is 4.99 Å². The highest BCUT2D eigenvalue weighted by Gasteiger charge is 2.27. The maximum atomic E-state index is 13.5. The van der Waals surface area contributed by atoms with Crippen molar-refractivity contribution in [1.82, 2.24) is 0 Å². The van der Waals surface area contributed by atoms with Crippen LogP contribution in [0.3, 0.4) is 0 Å². The van der Waals surface area contributed by atoms with Crippen molar-refractivity contribution >= 4 is 57.8 Å². The van der Waals surface area contributed by atoms with Gasteiger partial charge < -0.3 is 14.2 Å². The Kier molecular flexibility index (Phi) is 7.85. The Bertz CT molecular complexity index is 1430. The lowest BCUT2D eigenvalue weighted by Gasteiger charge is -2.15. The number of ether oxygens (including phenoxy) is 3. The third-order valence-electron chi connectivity index (χ3n) is 4.92. The highest BCUT2D eigenvalue weighted by molar-refractivity contribution is 14.1. The van der Waals surface area contributed by atoms with Gasteiger partial charge in [0.25, 0.3) is 5.69 Å². The molecule has 0 spiro atoms. The molecule has 1 aliphatic rings. The van der Waals surface area contributed by atoms with Crippen molar-refractivity contribution in [2.45, 2.75) is 13.5 Å². The Morgan fingerprint density at radius 2 is 2.00 bits per heavy atom. The third-order valence-corrected chi connectivity index (χ3v) is 6.05. The van der Waals surface area contributed by atoms with Crippen molar-refractivity contribution in [1.29, 1.82) is 0 Å². The van der Waals surface area contributed by atoms with Crippen LogP contribution in [0.5, 0.6) is 11.5 Å². The van der Waals surface area contributed by atoms with Gasteiger partial charge in [0.1, 0.15) is 12.4 Å². The molecule has 184 valence electrons. The van der Waals surface area contributed by atoms with Gasteiger partial charge in [-0.2, -0.15) is 0 Å². The Morgan fingerprint density at radius 3 is 2.72 bits per heavy atom. The van der Waals surface area contributed by atoms with E-state index in [1.165, 1.54) is 36.4 Å². The van der Waals surface area contributed by atoms with E-state index in [-0.39, 0.29) is 40.3 Å². The summed E-state index contributed by atoms with van der Waals surface area (Å²) in [6.45, 7) is 2.32. The van der Waals surface area contributed by atoms with E-state index in [4.69, 9.17) is 25.8 Å². The van der Waals surface area contributed by atoms with Gasteiger partial charge in [-0.3, -0.25) is 10.1 Å². The molecule has 3 aromatic carbocycles. The van der Waals surface area contributed by atoms with E-state index in [2.05, 4.69) is 27.6 Å². The first-order valence-electron chi connectivity index (χ1n) is 10.6. The van der Waals surface area contributed by atoms with Gasteiger partial charge in [0, 0.05) is 12.1 Å². The minimum atomic E-state index is -0.730. The molecule has 1 aliphatic heterocycles. The van der Waals surface area contributed by atoms with Crippen LogP contribution in [0.1, 0.15) is 23.6 Å². The van der Waals surface area contributed by atoms with Crippen molar-refractivity contribution < 1.29 is 28.3 Å². The molecule has 0 radical (unpaired) electrons. The number of carbonyl (C=O) groups excluding carboxylic acids is 1. The number of hydrogen-bond donors (Lipinski definition) is 0. The summed E-state index contributed by atoms with van der Waals surface area (Å²) in [6, 6.07) is 13.3. The lowest BCUT2D eigenvalue weighted by Crippen LogP contribution is -2.06. The normalized spacial score (nSPS) is 13.9. The van der Waals surface area contributed by atoms with E-state index < -0.39 is 10.9 Å². The van der Waals surface area contributed by atoms with Gasteiger partial charge >= 0.3 is 5.97 Å². The zero-order valence-corrected chi connectivity index (χ0v) is 21.6. The van der Waals surface area contributed by atoms with E-state index >= 15 is 0 Å². The highest BCUT2D eigenvalue weighted by Crippen LogP contribution is 2.36. The summed E-state index contributed by atoms with van der Waals surface area (Å²) in [5, 5.41) is 11.3. The fourth-order valence-corrected chi connectivity index (χ4v) is 4.31. The van der Waals surface area contributed by atoms with E-state index in [9.17, 15) is 19.3 Å². The lowest BCUT2D eigenvalue weighted by atomic mass is 10.1. The van der Waals surface area contributed by atoms with Crippen LogP contribution >= 0.6 is 34.2 Å². The van der Waals surface area contributed by atoms with Crippen molar-refractivity contribution in [3.8, 4) is 11.5 Å². The SMILES string of the molecule is CCOc1cc(/C=C2\N=C(c3cc([N+](=O)[O-])ccc3Cl)OC2=O)cc(I)c1OCc1cccc(F)c1. The van der Waals surface area contributed by atoms with Crippen LogP contribution < -0.4 is 9.47 Å². The molecular formula is C25H17ClFIN2O6. The molecular weight excluding hydrogens is 606 g/mol. The number of carbonyl (C=O) groups is 1. The molecule has 0 atom stereocenters. The van der Waals surface area contributed by atoms with Gasteiger partial charge in [-0.15, -0.1) is 0 Å². The molecule has 0 saturated carbocycles. The van der Waals surface area contributed by atoms with Crippen LogP contribution in [-0.4, -0.2) is 23.4 Å². The second kappa shape index (κ2) is 11.0. The molecule has 4 rings (SSSR count). The second-order valence-corrected chi connectivity index (χ2v) is 9.01. The minimum Gasteiger partial charge on any atom is -0.490 e. The van der Waals surface area contributed by atoms with Gasteiger partial charge in [-0.1, -0.05) is 23.7 Å². The fraction of sp³-hybridized carbons (Fsp3) is 0.120. The first-order valence-corrected chi connectivity index (χ1v) is 12.0. The van der Waals surface area contributed by atoms with Crippen LogP contribution in [-0.2, 0) is 16.1 Å². The highest BCUT2D eigenvalue weighted by atomic mass is 127. The Hall–Kier alpha value is -3.51. The molecule has 36 heavy (non-hydrogen) atoms. The summed E-state index contributed by atoms with van der Waals surface area (Å²) < 4.78 is 31.1. The van der Waals surface area contributed by atoms with Gasteiger partial charge in [0.15, 0.2) is 17.2 Å². The number of halogens is 3. The molecule has 0 bridgehead atoms. The van der Waals surface area contributed by atoms with E-state index in [1.54, 1.807) is 24.3 Å². The standard InChI is InChI=1S/C25H17ClFIN2O6/c1-2-34-22-11-15(9-20(28)23(22)35-13-14-4-3-5-16(27)8-14)10-21-25(31)36-24(29-21)18-12-17(30(32)33)6-7-19(18)26/h3-12H,2,13H2,1H3/b21-10-. The maximum Gasteiger partial charge on any atom is 0.363 e. The van der Waals surface area contributed by atoms with Gasteiger partial charge in [-0.05, 0) is 77.0 Å². The summed E-state index contributed by atoms with van der Waals surface area (Å²) in [5.41, 5.74) is 1.15. The van der Waals surface area contributed by atoms with Crippen molar-refractivity contribution in [2.75, 3.05) is 6.61 Å². The number of benzene rings is 3. The Morgan fingerprint density at radius 1 is 1.19 bits per heavy atom. The summed E-state index contributed by atoms with van der Waals surface area (Å²) in [6.07, 6.45) is 1.50. The molecule has 0 saturated heterocycles. The summed E-state index contributed by atoms with van der Waals surface area (Å²) in [4.78, 5) is 27.2. The van der Waals surface area contributed by atoms with Gasteiger partial charge in [-0.25, -0.2) is 14.2 Å². The number of hydrogen-bond acceptors (Lipinski definition) is 7. The number of non-ortho nitro benzene ring substituents is 1. The fourth-order valence-electron chi connectivity index (χ4n) is 3.33. The van der Waals surface area contributed by atoms with Crippen LogP contribution in [0, 0.1) is 19.5 Å². The summed E-state index contributed by atoms with van der Waals surface area (Å²) in [5.74, 6) is -0.301. The topological polar surface area (TPSA) is 100 Å². The molecule has 0 N–H and O–H groups in total. The molecule has 0 unspecified atom stereocenters. The van der Waals surface area contributed by atoms with E-state index in [0.717, 1.165) is 0 Å². The first-order chi connectivity index (χ1) is 17.2. The molecule has 11 heteroatoms. The van der Waals surface area contributed by atoms with Crippen LogP contribution in [0.15, 0.2) is 65.3 Å². The largest absolute Gasteiger partial charge is 0.490 e. The third kappa shape index (κ3) is 5.82. The predicted octanol–water partition coefficient (Wildman–Crippen LogP) is 6.31. The van der Waals surface area contributed by atoms with E-state index in [1.807, 2.05) is 6.92 Å². The maximum absolute atomic E-state index is 13.5. The zero-order valence-electron chi connectivity index (χ0n) is 18.7. The second-order valence-electron chi connectivity index (χ2n) is 7.44. The van der Waals surface area contributed by atoms with E-state index in [0.29, 0.717) is 32.8 Å². The Labute approximate surface area is 223 Å². The number of aliphatic imine (C=N–C) groups is 1. The number of nitro groups is 1. The number of esters is 1. The smallest absolute Gasteiger partial charge is 0.363 e. The lowest BCUT2D eigenvalue weighted by molar-refractivity contribution is -0.384. The summed E-state index contributed by atoms with van der Waals surface area (Å²) >= 11 is 8.22. The van der Waals surface area contributed by atoms with Crippen LogP contribution in [0.2, 0.25) is 5.02 Å². The molecule has 1 heterocycles. The quantitative estimate of drug-likeness (QED) is 0.0959. The van der Waals surface area contributed by atoms with Crippen molar-refractivity contribution in [3.05, 3.63) is 102 Å². The summed E-state index contributed by atoms with van der Waals surface area (Å²) in [7, 11) is 0. The molecule has 0 aromatic heterocycles. The minimum absolute atomic E-state index is 0.0146.